The van der Waals surface area contributed by atoms with Crippen molar-refractivity contribution in [3.05, 3.63) is 44.9 Å². The van der Waals surface area contributed by atoms with E-state index in [0.717, 1.165) is 18.7 Å². The molecule has 0 aromatic carbocycles. The van der Waals surface area contributed by atoms with Crippen LogP contribution in [0.5, 0.6) is 0 Å². The lowest BCUT2D eigenvalue weighted by Crippen LogP contribution is -2.20. The summed E-state index contributed by atoms with van der Waals surface area (Å²) in [7, 11) is 0. The van der Waals surface area contributed by atoms with E-state index in [1.807, 2.05) is 0 Å². The number of hydrogen-bond donors (Lipinski definition) is 0. The van der Waals surface area contributed by atoms with Crippen molar-refractivity contribution in [2.75, 3.05) is 0 Å². The van der Waals surface area contributed by atoms with Crippen molar-refractivity contribution in [2.24, 2.45) is 0 Å². The Bertz CT molecular complexity index is 601. The summed E-state index contributed by atoms with van der Waals surface area (Å²) in [6.07, 6.45) is 3.97. The van der Waals surface area contributed by atoms with Crippen LogP contribution < -0.4 is 5.56 Å². The van der Waals surface area contributed by atoms with Gasteiger partial charge in [-0.3, -0.25) is 4.79 Å². The van der Waals surface area contributed by atoms with Crippen LogP contribution in [-0.4, -0.2) is 14.7 Å². The van der Waals surface area contributed by atoms with Gasteiger partial charge in [-0.2, -0.15) is 4.98 Å². The molecule has 0 N–H and O–H groups in total. The third-order valence-corrected chi connectivity index (χ3v) is 3.31. The van der Waals surface area contributed by atoms with Crippen molar-refractivity contribution in [3.8, 4) is 0 Å². The van der Waals surface area contributed by atoms with Gasteiger partial charge in [0.1, 0.15) is 6.54 Å². The predicted octanol–water partition coefficient (Wildman–Crippen LogP) is 1.92. The maximum atomic E-state index is 11.8. The lowest BCUT2D eigenvalue weighted by atomic mass is 10.4. The van der Waals surface area contributed by atoms with Gasteiger partial charge in [-0.25, -0.2) is 0 Å². The standard InChI is InChI=1S/C11H10BrN3O2/c12-8-2-1-5-15(11(8)16)6-9-13-10(14-17-9)7-3-4-7/h1-2,5,7H,3-4,6H2. The van der Waals surface area contributed by atoms with Crippen LogP contribution in [0.3, 0.4) is 0 Å². The highest BCUT2D eigenvalue weighted by atomic mass is 79.9. The van der Waals surface area contributed by atoms with Gasteiger partial charge in [0.25, 0.3) is 5.56 Å². The second-order valence-corrected chi connectivity index (χ2v) is 4.96. The van der Waals surface area contributed by atoms with Gasteiger partial charge in [0.2, 0.25) is 5.89 Å². The third kappa shape index (κ3) is 2.17. The molecular weight excluding hydrogens is 286 g/mol. The molecule has 2 heterocycles. The van der Waals surface area contributed by atoms with Gasteiger partial charge in [0, 0.05) is 12.1 Å². The first kappa shape index (κ1) is 10.7. The number of hydrogen-bond acceptors (Lipinski definition) is 4. The Hall–Kier alpha value is -1.43. The maximum absolute atomic E-state index is 11.8. The van der Waals surface area contributed by atoms with E-state index in [1.165, 1.54) is 4.57 Å². The molecule has 1 saturated carbocycles. The van der Waals surface area contributed by atoms with Gasteiger partial charge in [0.05, 0.1) is 4.47 Å². The van der Waals surface area contributed by atoms with E-state index in [9.17, 15) is 4.79 Å². The number of aromatic nitrogens is 3. The molecule has 6 heteroatoms. The fourth-order valence-electron chi connectivity index (χ4n) is 1.62. The number of pyridine rings is 1. The Kier molecular flexibility index (Phi) is 2.58. The lowest BCUT2D eigenvalue weighted by molar-refractivity contribution is 0.364. The van der Waals surface area contributed by atoms with E-state index in [0.29, 0.717) is 22.8 Å². The Morgan fingerprint density at radius 2 is 2.35 bits per heavy atom. The smallest absolute Gasteiger partial charge is 0.265 e. The zero-order valence-corrected chi connectivity index (χ0v) is 10.6. The molecule has 2 aromatic rings. The Labute approximate surface area is 106 Å². The number of nitrogens with zero attached hydrogens (tertiary/aromatic N) is 3. The molecule has 17 heavy (non-hydrogen) atoms. The van der Waals surface area contributed by atoms with Gasteiger partial charge >= 0.3 is 0 Å². The second kappa shape index (κ2) is 4.10. The summed E-state index contributed by atoms with van der Waals surface area (Å²) in [5, 5.41) is 3.91. The molecule has 0 unspecified atom stereocenters. The largest absolute Gasteiger partial charge is 0.337 e. The number of rotatable bonds is 3. The highest BCUT2D eigenvalue weighted by Gasteiger charge is 2.28. The summed E-state index contributed by atoms with van der Waals surface area (Å²) >= 11 is 3.20. The SMILES string of the molecule is O=c1c(Br)cccn1Cc1nc(C2CC2)no1. The van der Waals surface area contributed by atoms with Crippen molar-refractivity contribution in [2.45, 2.75) is 25.3 Å². The monoisotopic (exact) mass is 295 g/mol. The molecule has 0 bridgehead atoms. The van der Waals surface area contributed by atoms with Crippen LogP contribution >= 0.6 is 15.9 Å². The van der Waals surface area contributed by atoms with E-state index in [4.69, 9.17) is 4.52 Å². The van der Waals surface area contributed by atoms with Crippen molar-refractivity contribution >= 4 is 15.9 Å². The fraction of sp³-hybridized carbons (Fsp3) is 0.364. The zero-order valence-electron chi connectivity index (χ0n) is 8.97. The molecular formula is C11H10BrN3O2. The molecule has 1 aliphatic rings. The molecule has 1 fully saturated rings. The average molecular weight is 296 g/mol. The summed E-state index contributed by atoms with van der Waals surface area (Å²) in [5.74, 6) is 1.71. The summed E-state index contributed by atoms with van der Waals surface area (Å²) in [6, 6.07) is 3.51. The topological polar surface area (TPSA) is 60.9 Å². The molecule has 0 atom stereocenters. The molecule has 3 rings (SSSR count). The van der Waals surface area contributed by atoms with Crippen LogP contribution in [0.25, 0.3) is 0 Å². The quantitative estimate of drug-likeness (QED) is 0.868. The van der Waals surface area contributed by atoms with Crippen molar-refractivity contribution < 1.29 is 4.52 Å². The van der Waals surface area contributed by atoms with Gasteiger partial charge in [0.15, 0.2) is 5.82 Å². The molecule has 1 aliphatic carbocycles. The van der Waals surface area contributed by atoms with Crippen LogP contribution in [0.2, 0.25) is 0 Å². The third-order valence-electron chi connectivity index (χ3n) is 2.71. The van der Waals surface area contributed by atoms with Gasteiger partial charge in [-0.05, 0) is 40.9 Å². The molecule has 5 nitrogen and oxygen atoms in total. The molecule has 2 aromatic heterocycles. The number of halogens is 1. The van der Waals surface area contributed by atoms with Crippen LogP contribution in [0.4, 0.5) is 0 Å². The zero-order chi connectivity index (χ0) is 11.8. The average Bonchev–Trinajstić information content (AvgIpc) is 3.06. The van der Waals surface area contributed by atoms with Crippen LogP contribution in [0.1, 0.15) is 30.5 Å². The van der Waals surface area contributed by atoms with Crippen molar-refractivity contribution in [1.82, 2.24) is 14.7 Å². The first-order chi connectivity index (χ1) is 8.24. The van der Waals surface area contributed by atoms with E-state index < -0.39 is 0 Å². The molecule has 0 spiro atoms. The van der Waals surface area contributed by atoms with E-state index in [2.05, 4.69) is 26.1 Å². The van der Waals surface area contributed by atoms with Crippen LogP contribution in [0.15, 0.2) is 32.1 Å². The molecule has 0 aliphatic heterocycles. The second-order valence-electron chi connectivity index (χ2n) is 4.11. The predicted molar refractivity (Wildman–Crippen MR) is 63.8 cm³/mol. The summed E-state index contributed by atoms with van der Waals surface area (Å²) in [4.78, 5) is 16.0. The molecule has 88 valence electrons. The Morgan fingerprint density at radius 1 is 1.53 bits per heavy atom. The van der Waals surface area contributed by atoms with E-state index in [1.54, 1.807) is 18.3 Å². The van der Waals surface area contributed by atoms with E-state index >= 15 is 0 Å². The first-order valence-corrected chi connectivity index (χ1v) is 6.21. The van der Waals surface area contributed by atoms with Crippen LogP contribution in [0, 0.1) is 0 Å². The van der Waals surface area contributed by atoms with Crippen molar-refractivity contribution in [1.29, 1.82) is 0 Å². The first-order valence-electron chi connectivity index (χ1n) is 5.41. The minimum Gasteiger partial charge on any atom is -0.337 e. The van der Waals surface area contributed by atoms with Gasteiger partial charge in [-0.1, -0.05) is 5.16 Å². The minimum atomic E-state index is -0.0985. The minimum absolute atomic E-state index is 0.0985. The lowest BCUT2D eigenvalue weighted by Gasteiger charge is -2.01. The molecule has 0 saturated heterocycles. The van der Waals surface area contributed by atoms with Crippen LogP contribution in [-0.2, 0) is 6.54 Å². The Morgan fingerprint density at radius 3 is 3.12 bits per heavy atom. The summed E-state index contributed by atoms with van der Waals surface area (Å²) in [5.41, 5.74) is -0.0985. The van der Waals surface area contributed by atoms with E-state index in [-0.39, 0.29) is 5.56 Å². The Balaban J connectivity index is 1.85. The van der Waals surface area contributed by atoms with Crippen molar-refractivity contribution in [3.63, 3.8) is 0 Å². The molecule has 0 amide bonds. The molecule has 0 radical (unpaired) electrons. The summed E-state index contributed by atoms with van der Waals surface area (Å²) < 4.78 is 7.19. The fourth-order valence-corrected chi connectivity index (χ4v) is 2.00. The normalized spacial score (nSPS) is 15.1. The van der Waals surface area contributed by atoms with Gasteiger partial charge < -0.3 is 9.09 Å². The summed E-state index contributed by atoms with van der Waals surface area (Å²) in [6.45, 7) is 0.317. The highest BCUT2D eigenvalue weighted by Crippen LogP contribution is 2.38. The maximum Gasteiger partial charge on any atom is 0.265 e. The highest BCUT2D eigenvalue weighted by molar-refractivity contribution is 9.10. The van der Waals surface area contributed by atoms with Gasteiger partial charge in [-0.15, -0.1) is 0 Å².